The van der Waals surface area contributed by atoms with E-state index in [-0.39, 0.29) is 0 Å². The molecule has 0 aromatic carbocycles. The molecular weight excluding hydrogens is 318 g/mol. The Morgan fingerprint density at radius 3 is 1.96 bits per heavy atom. The second kappa shape index (κ2) is 7.63. The molecular formula is C12H24NO10+. The van der Waals surface area contributed by atoms with Gasteiger partial charge >= 0.3 is 0 Å². The molecule has 2 aliphatic heterocycles. The van der Waals surface area contributed by atoms with E-state index in [9.17, 15) is 30.6 Å². The van der Waals surface area contributed by atoms with Gasteiger partial charge in [0.05, 0.1) is 13.2 Å². The summed E-state index contributed by atoms with van der Waals surface area (Å²) in [5.74, 6) is 0. The lowest BCUT2D eigenvalue weighted by Gasteiger charge is -2.44. The smallest absolute Gasteiger partial charge is 0.211 e. The Kier molecular flexibility index (Phi) is 6.27. The van der Waals surface area contributed by atoms with Crippen molar-refractivity contribution in [2.45, 2.75) is 61.3 Å². The van der Waals surface area contributed by atoms with Gasteiger partial charge < -0.3 is 55.7 Å². The molecule has 0 bridgehead atoms. The average molecular weight is 342 g/mol. The molecule has 0 aromatic rings. The second-order valence-corrected chi connectivity index (χ2v) is 5.70. The van der Waals surface area contributed by atoms with Gasteiger partial charge in [-0.3, -0.25) is 0 Å². The number of hydrogen-bond acceptors (Lipinski definition) is 10. The minimum absolute atomic E-state index is 0.594. The van der Waals surface area contributed by atoms with Crippen molar-refractivity contribution < 1.29 is 55.7 Å². The van der Waals surface area contributed by atoms with Crippen LogP contribution in [-0.2, 0) is 14.2 Å². The van der Waals surface area contributed by atoms with Crippen molar-refractivity contribution >= 4 is 0 Å². The van der Waals surface area contributed by atoms with Crippen molar-refractivity contribution in [1.82, 2.24) is 0 Å². The fourth-order valence-corrected chi connectivity index (χ4v) is 2.64. The van der Waals surface area contributed by atoms with E-state index in [1.807, 2.05) is 0 Å². The molecule has 10 atom stereocenters. The number of aliphatic hydroxyl groups excluding tert-OH is 7. The van der Waals surface area contributed by atoms with E-state index in [4.69, 9.17) is 19.3 Å². The Balaban J connectivity index is 2.11. The minimum Gasteiger partial charge on any atom is -0.394 e. The standard InChI is InChI=1S/C12H23NO10/c13-5-7(17)10(4(2-15)21-11(5)20)23-12-9(19)8(18)6(16)3(1-14)22-12/h3-12,14-20H,1-2,13H2/p+1/t3?,4?,5?,6-,7+,8-,9?,10+,11-,12-/m0/s1. The highest BCUT2D eigenvalue weighted by Crippen LogP contribution is 2.27. The Bertz CT molecular complexity index is 383. The summed E-state index contributed by atoms with van der Waals surface area (Å²) in [4.78, 5) is 0. The summed E-state index contributed by atoms with van der Waals surface area (Å²) in [6, 6.07) is -0.979. The molecule has 2 saturated heterocycles. The lowest BCUT2D eigenvalue weighted by molar-refractivity contribution is -0.502. The molecule has 0 radical (unpaired) electrons. The Labute approximate surface area is 131 Å². The topological polar surface area (TPSA) is 197 Å². The van der Waals surface area contributed by atoms with Crippen LogP contribution < -0.4 is 5.73 Å². The largest absolute Gasteiger partial charge is 0.394 e. The minimum atomic E-state index is -1.66. The molecule has 0 saturated carbocycles. The van der Waals surface area contributed by atoms with E-state index in [1.54, 1.807) is 0 Å². The first-order chi connectivity index (χ1) is 10.8. The first kappa shape index (κ1) is 18.9. The van der Waals surface area contributed by atoms with Gasteiger partial charge in [-0.2, -0.15) is 0 Å². The van der Waals surface area contributed by atoms with Crippen molar-refractivity contribution in [2.24, 2.45) is 0 Å². The predicted octanol–water partition coefficient (Wildman–Crippen LogP) is -6.15. The highest BCUT2D eigenvalue weighted by Gasteiger charge is 2.50. The van der Waals surface area contributed by atoms with Gasteiger partial charge in [0, 0.05) is 0 Å². The van der Waals surface area contributed by atoms with Crippen LogP contribution in [-0.4, -0.2) is 110 Å². The number of aliphatic hydroxyl groups is 7. The van der Waals surface area contributed by atoms with Gasteiger partial charge in [-0.1, -0.05) is 0 Å². The van der Waals surface area contributed by atoms with Crippen LogP contribution in [0.25, 0.3) is 0 Å². The van der Waals surface area contributed by atoms with Crippen LogP contribution in [0.5, 0.6) is 0 Å². The summed E-state index contributed by atoms with van der Waals surface area (Å²) in [7, 11) is 0. The zero-order chi connectivity index (χ0) is 17.3. The van der Waals surface area contributed by atoms with Crippen LogP contribution in [0.1, 0.15) is 0 Å². The van der Waals surface area contributed by atoms with Crippen molar-refractivity contribution in [3.63, 3.8) is 0 Å². The van der Waals surface area contributed by atoms with E-state index in [2.05, 4.69) is 5.73 Å². The lowest BCUT2D eigenvalue weighted by atomic mass is 9.96. The summed E-state index contributed by atoms with van der Waals surface area (Å²) < 4.78 is 15.6. The molecule has 4 unspecified atom stereocenters. The van der Waals surface area contributed by atoms with Gasteiger partial charge in [0.1, 0.15) is 42.7 Å². The van der Waals surface area contributed by atoms with Crippen LogP contribution in [0.3, 0.4) is 0 Å². The zero-order valence-electron chi connectivity index (χ0n) is 12.3. The number of ether oxygens (including phenoxy) is 3. The monoisotopic (exact) mass is 342 g/mol. The molecule has 23 heavy (non-hydrogen) atoms. The summed E-state index contributed by atoms with van der Waals surface area (Å²) in [5, 5.41) is 67.5. The maximum absolute atomic E-state index is 10.1. The molecule has 2 heterocycles. The van der Waals surface area contributed by atoms with E-state index < -0.39 is 74.6 Å². The predicted molar refractivity (Wildman–Crippen MR) is 69.3 cm³/mol. The molecule has 136 valence electrons. The molecule has 0 spiro atoms. The normalized spacial score (nSPS) is 51.7. The van der Waals surface area contributed by atoms with Crippen LogP contribution in [0.15, 0.2) is 0 Å². The molecule has 2 aliphatic rings. The van der Waals surface area contributed by atoms with E-state index in [1.165, 1.54) is 0 Å². The Morgan fingerprint density at radius 1 is 0.783 bits per heavy atom. The van der Waals surface area contributed by atoms with Gasteiger partial charge in [-0.25, -0.2) is 0 Å². The molecule has 2 rings (SSSR count). The first-order valence-corrected chi connectivity index (χ1v) is 7.23. The lowest BCUT2D eigenvalue weighted by Crippen LogP contribution is -2.78. The quantitative estimate of drug-likeness (QED) is 0.243. The van der Waals surface area contributed by atoms with E-state index >= 15 is 0 Å². The fraction of sp³-hybridized carbons (Fsp3) is 1.00. The van der Waals surface area contributed by atoms with Crippen molar-refractivity contribution in [1.29, 1.82) is 0 Å². The molecule has 2 fully saturated rings. The van der Waals surface area contributed by atoms with Crippen molar-refractivity contribution in [3.8, 4) is 0 Å². The summed E-state index contributed by atoms with van der Waals surface area (Å²) >= 11 is 0. The van der Waals surface area contributed by atoms with Crippen molar-refractivity contribution in [2.75, 3.05) is 13.2 Å². The first-order valence-electron chi connectivity index (χ1n) is 7.23. The van der Waals surface area contributed by atoms with Gasteiger partial charge in [-0.15, -0.1) is 0 Å². The maximum Gasteiger partial charge on any atom is 0.211 e. The third kappa shape index (κ3) is 3.65. The molecule has 10 N–H and O–H groups in total. The molecule has 0 amide bonds. The SMILES string of the molecule is [NH3+]C1[C@@H](O)[C@H](O[C@@H]2OC(CO)[C@H](O)[C@H](O)C2O)C(CO)O[C@@H]1O. The summed E-state index contributed by atoms with van der Waals surface area (Å²) in [6.07, 6.45) is -12.6. The van der Waals surface area contributed by atoms with Crippen LogP contribution >= 0.6 is 0 Å². The van der Waals surface area contributed by atoms with E-state index in [0.717, 1.165) is 0 Å². The van der Waals surface area contributed by atoms with Crippen LogP contribution in [0.2, 0.25) is 0 Å². The third-order valence-corrected chi connectivity index (χ3v) is 4.14. The molecule has 11 heteroatoms. The second-order valence-electron chi connectivity index (χ2n) is 5.70. The van der Waals surface area contributed by atoms with Gasteiger partial charge in [0.2, 0.25) is 6.29 Å². The molecule has 0 aliphatic carbocycles. The Morgan fingerprint density at radius 2 is 1.39 bits per heavy atom. The van der Waals surface area contributed by atoms with Crippen molar-refractivity contribution in [3.05, 3.63) is 0 Å². The number of quaternary nitrogens is 1. The number of hydrogen-bond donors (Lipinski definition) is 8. The number of rotatable bonds is 4. The van der Waals surface area contributed by atoms with Crippen LogP contribution in [0, 0.1) is 0 Å². The fourth-order valence-electron chi connectivity index (χ4n) is 2.64. The summed E-state index contributed by atoms with van der Waals surface area (Å²) in [5.41, 5.74) is 3.53. The van der Waals surface area contributed by atoms with Gasteiger partial charge in [0.25, 0.3) is 0 Å². The maximum atomic E-state index is 10.1. The highest BCUT2D eigenvalue weighted by atomic mass is 16.7. The van der Waals surface area contributed by atoms with Gasteiger partial charge in [-0.05, 0) is 0 Å². The van der Waals surface area contributed by atoms with Gasteiger partial charge in [0.15, 0.2) is 12.3 Å². The zero-order valence-corrected chi connectivity index (χ0v) is 12.3. The third-order valence-electron chi connectivity index (χ3n) is 4.14. The average Bonchev–Trinajstić information content (AvgIpc) is 2.55. The highest BCUT2D eigenvalue weighted by molar-refractivity contribution is 4.93. The molecule has 11 nitrogen and oxygen atoms in total. The molecule has 0 aromatic heterocycles. The Hall–Kier alpha value is -0.440. The van der Waals surface area contributed by atoms with Crippen LogP contribution in [0.4, 0.5) is 0 Å². The summed E-state index contributed by atoms with van der Waals surface area (Å²) in [6.45, 7) is -1.22. The van der Waals surface area contributed by atoms with E-state index in [0.29, 0.717) is 0 Å².